The molecule has 0 radical (unpaired) electrons. The summed E-state index contributed by atoms with van der Waals surface area (Å²) in [5.41, 5.74) is -2.08. The van der Waals surface area contributed by atoms with Crippen molar-refractivity contribution < 1.29 is 18.0 Å². The highest BCUT2D eigenvalue weighted by molar-refractivity contribution is 5.79. The molecule has 6 heteroatoms. The van der Waals surface area contributed by atoms with Crippen molar-refractivity contribution in [2.75, 3.05) is 13.1 Å². The van der Waals surface area contributed by atoms with E-state index in [1.54, 1.807) is 0 Å². The molecule has 0 aliphatic carbocycles. The number of nitrogens with zero attached hydrogens (tertiary/aromatic N) is 1. The number of carbonyl (C=O) groups excluding carboxylic acids is 1. The second-order valence-corrected chi connectivity index (χ2v) is 4.04. The van der Waals surface area contributed by atoms with Gasteiger partial charge in [-0.05, 0) is 19.4 Å². The molecule has 2 saturated heterocycles. The minimum atomic E-state index is -4.39. The fourth-order valence-corrected chi connectivity index (χ4v) is 2.36. The average Bonchev–Trinajstić information content (AvgIpc) is 2.36. The fourth-order valence-electron chi connectivity index (χ4n) is 2.36. The third-order valence-corrected chi connectivity index (χ3v) is 3.16. The molecule has 2 aliphatic heterocycles. The number of rotatable bonds is 0. The molecule has 2 heterocycles. The monoisotopic (exact) mass is 222 g/mol. The van der Waals surface area contributed by atoms with Crippen LogP contribution in [0.5, 0.6) is 0 Å². The van der Waals surface area contributed by atoms with Crippen LogP contribution in [-0.4, -0.2) is 35.7 Å². The van der Waals surface area contributed by atoms with E-state index in [0.29, 0.717) is 19.4 Å². The van der Waals surface area contributed by atoms with Crippen LogP contribution in [0.15, 0.2) is 0 Å². The zero-order valence-electron chi connectivity index (χ0n) is 8.23. The normalized spacial score (nSPS) is 32.7. The maximum atomic E-state index is 13.0. The third-order valence-electron chi connectivity index (χ3n) is 3.16. The number of hydrogen-bond acceptors (Lipinski definition) is 2. The molecule has 0 saturated carbocycles. The molecule has 1 amide bonds. The summed E-state index contributed by atoms with van der Waals surface area (Å²) in [5.74, 6) is -0.387. The topological polar surface area (TPSA) is 32.3 Å². The van der Waals surface area contributed by atoms with Gasteiger partial charge in [0.15, 0.2) is 5.66 Å². The molecule has 0 unspecified atom stereocenters. The highest BCUT2D eigenvalue weighted by atomic mass is 19.4. The van der Waals surface area contributed by atoms with Crippen molar-refractivity contribution in [3.63, 3.8) is 0 Å². The van der Waals surface area contributed by atoms with E-state index in [4.69, 9.17) is 0 Å². The van der Waals surface area contributed by atoms with E-state index in [1.807, 2.05) is 0 Å². The van der Waals surface area contributed by atoms with Gasteiger partial charge in [0.2, 0.25) is 5.91 Å². The van der Waals surface area contributed by atoms with E-state index in [0.717, 1.165) is 4.90 Å². The van der Waals surface area contributed by atoms with Crippen LogP contribution in [0.3, 0.4) is 0 Å². The number of hydrogen-bond donors (Lipinski definition) is 1. The maximum absolute atomic E-state index is 13.0. The van der Waals surface area contributed by atoms with E-state index in [-0.39, 0.29) is 25.3 Å². The summed E-state index contributed by atoms with van der Waals surface area (Å²) in [6, 6.07) is 0. The molecule has 0 spiro atoms. The lowest BCUT2D eigenvalue weighted by Crippen LogP contribution is -2.64. The van der Waals surface area contributed by atoms with Gasteiger partial charge in [-0.25, -0.2) is 0 Å². The van der Waals surface area contributed by atoms with E-state index in [2.05, 4.69) is 5.32 Å². The predicted molar refractivity (Wildman–Crippen MR) is 47.0 cm³/mol. The van der Waals surface area contributed by atoms with Gasteiger partial charge in [0, 0.05) is 19.4 Å². The molecule has 15 heavy (non-hydrogen) atoms. The molecule has 2 rings (SSSR count). The van der Waals surface area contributed by atoms with Crippen LogP contribution in [0.25, 0.3) is 0 Å². The Morgan fingerprint density at radius 2 is 2.07 bits per heavy atom. The Morgan fingerprint density at radius 1 is 1.33 bits per heavy atom. The number of fused-ring (bicyclic) bond motifs is 1. The van der Waals surface area contributed by atoms with E-state index in [9.17, 15) is 18.0 Å². The van der Waals surface area contributed by atoms with Crippen LogP contribution < -0.4 is 5.32 Å². The summed E-state index contributed by atoms with van der Waals surface area (Å²) in [6.45, 7) is 0.536. The highest BCUT2D eigenvalue weighted by Crippen LogP contribution is 2.42. The summed E-state index contributed by atoms with van der Waals surface area (Å²) in [6.07, 6.45) is -3.23. The molecule has 0 aromatic rings. The van der Waals surface area contributed by atoms with Crippen molar-refractivity contribution >= 4 is 5.91 Å². The first kappa shape index (κ1) is 10.7. The molecule has 2 aliphatic rings. The first-order chi connectivity index (χ1) is 6.97. The summed E-state index contributed by atoms with van der Waals surface area (Å²) < 4.78 is 39.0. The standard InChI is InChI=1S/C9H13F3N2O/c10-9(11,12)8-4-3-7(15)14(8)6-2-1-5-13-8/h13H,1-6H2/t8-/m0/s1. The van der Waals surface area contributed by atoms with Gasteiger partial charge in [0.05, 0.1) is 0 Å². The first-order valence-corrected chi connectivity index (χ1v) is 5.10. The Kier molecular flexibility index (Phi) is 2.41. The van der Waals surface area contributed by atoms with Crippen LogP contribution in [0.4, 0.5) is 13.2 Å². The zero-order valence-corrected chi connectivity index (χ0v) is 8.23. The van der Waals surface area contributed by atoms with Gasteiger partial charge in [0.25, 0.3) is 0 Å². The maximum Gasteiger partial charge on any atom is 0.425 e. The Hall–Kier alpha value is -0.780. The second-order valence-electron chi connectivity index (χ2n) is 4.04. The smallest absolute Gasteiger partial charge is 0.316 e. The van der Waals surface area contributed by atoms with Gasteiger partial charge < -0.3 is 4.90 Å². The second kappa shape index (κ2) is 3.37. The predicted octanol–water partition coefficient (Wildman–Crippen LogP) is 1.25. The Bertz CT molecular complexity index is 279. The van der Waals surface area contributed by atoms with Crippen LogP contribution in [0, 0.1) is 0 Å². The fraction of sp³-hybridized carbons (Fsp3) is 0.889. The third kappa shape index (κ3) is 1.51. The molecular weight excluding hydrogens is 209 g/mol. The van der Waals surface area contributed by atoms with E-state index in [1.165, 1.54) is 0 Å². The van der Waals surface area contributed by atoms with E-state index < -0.39 is 11.8 Å². The number of amides is 1. The minimum absolute atomic E-state index is 0.00743. The molecule has 0 aromatic heterocycles. The van der Waals surface area contributed by atoms with Gasteiger partial charge >= 0.3 is 6.18 Å². The van der Waals surface area contributed by atoms with Crippen LogP contribution >= 0.6 is 0 Å². The molecule has 1 atom stereocenters. The summed E-state index contributed by atoms with van der Waals surface area (Å²) in [4.78, 5) is 12.4. The van der Waals surface area contributed by atoms with Crippen LogP contribution in [0.2, 0.25) is 0 Å². The van der Waals surface area contributed by atoms with Crippen LogP contribution in [0.1, 0.15) is 25.7 Å². The van der Waals surface area contributed by atoms with Crippen molar-refractivity contribution in [3.05, 3.63) is 0 Å². The average molecular weight is 222 g/mol. The minimum Gasteiger partial charge on any atom is -0.316 e. The van der Waals surface area contributed by atoms with Gasteiger partial charge in [-0.2, -0.15) is 13.2 Å². The summed E-state index contributed by atoms with van der Waals surface area (Å²) in [5, 5.41) is 2.51. The SMILES string of the molecule is O=C1CC[C@]2(C(F)(F)F)NCCCCN12. The Morgan fingerprint density at radius 3 is 2.73 bits per heavy atom. The molecule has 3 nitrogen and oxygen atoms in total. The number of carbonyl (C=O) groups is 1. The molecule has 86 valence electrons. The van der Waals surface area contributed by atoms with Crippen molar-refractivity contribution in [1.29, 1.82) is 0 Å². The molecule has 0 aromatic carbocycles. The lowest BCUT2D eigenvalue weighted by molar-refractivity contribution is -0.232. The number of nitrogens with one attached hydrogen (secondary N) is 1. The van der Waals surface area contributed by atoms with Gasteiger partial charge in [0.1, 0.15) is 0 Å². The van der Waals surface area contributed by atoms with Crippen molar-refractivity contribution in [2.24, 2.45) is 0 Å². The van der Waals surface area contributed by atoms with Crippen molar-refractivity contribution in [2.45, 2.75) is 37.5 Å². The number of alkyl halides is 3. The highest BCUT2D eigenvalue weighted by Gasteiger charge is 2.62. The van der Waals surface area contributed by atoms with Gasteiger partial charge in [-0.3, -0.25) is 10.1 Å². The number of halogens is 3. The van der Waals surface area contributed by atoms with E-state index >= 15 is 0 Å². The first-order valence-electron chi connectivity index (χ1n) is 5.10. The largest absolute Gasteiger partial charge is 0.425 e. The molecule has 2 fully saturated rings. The lowest BCUT2D eigenvalue weighted by Gasteiger charge is -2.38. The Balaban J connectivity index is 2.35. The quantitative estimate of drug-likeness (QED) is 0.669. The molecule has 1 N–H and O–H groups in total. The molecule has 0 bridgehead atoms. The zero-order chi connectivity index (χ0) is 11.1. The van der Waals surface area contributed by atoms with Crippen molar-refractivity contribution in [1.82, 2.24) is 10.2 Å². The van der Waals surface area contributed by atoms with Crippen molar-refractivity contribution in [3.8, 4) is 0 Å². The van der Waals surface area contributed by atoms with Gasteiger partial charge in [-0.1, -0.05) is 0 Å². The summed E-state index contributed by atoms with van der Waals surface area (Å²) in [7, 11) is 0. The molecular formula is C9H13F3N2O. The van der Waals surface area contributed by atoms with Crippen LogP contribution in [-0.2, 0) is 4.79 Å². The lowest BCUT2D eigenvalue weighted by atomic mass is 10.1. The Labute approximate surface area is 85.6 Å². The summed E-state index contributed by atoms with van der Waals surface area (Å²) >= 11 is 0. The van der Waals surface area contributed by atoms with Gasteiger partial charge in [-0.15, -0.1) is 0 Å².